The standard InChI is InChI=1S/C19H29N/c1-4-15(3)18-11-12-19(17(5-2)13-18)20-14-16-9-7-6-8-10-16/h5,11-13,15-16,20H,2,4,6-10,14H2,1,3H3. The van der Waals surface area contributed by atoms with Gasteiger partial charge in [0.1, 0.15) is 0 Å². The van der Waals surface area contributed by atoms with Crippen molar-refractivity contribution in [3.63, 3.8) is 0 Å². The highest BCUT2D eigenvalue weighted by Crippen LogP contribution is 2.27. The summed E-state index contributed by atoms with van der Waals surface area (Å²) < 4.78 is 0. The molecule has 0 spiro atoms. The summed E-state index contributed by atoms with van der Waals surface area (Å²) in [6, 6.07) is 6.80. The summed E-state index contributed by atoms with van der Waals surface area (Å²) in [5.74, 6) is 1.48. The molecule has 0 heterocycles. The van der Waals surface area contributed by atoms with E-state index >= 15 is 0 Å². The largest absolute Gasteiger partial charge is 0.384 e. The van der Waals surface area contributed by atoms with Crippen molar-refractivity contribution in [3.8, 4) is 0 Å². The van der Waals surface area contributed by atoms with E-state index in [-0.39, 0.29) is 0 Å². The van der Waals surface area contributed by atoms with Gasteiger partial charge in [0.2, 0.25) is 0 Å². The minimum Gasteiger partial charge on any atom is -0.384 e. The molecule has 1 unspecified atom stereocenters. The Kier molecular flexibility index (Phi) is 5.70. The van der Waals surface area contributed by atoms with Gasteiger partial charge in [0.05, 0.1) is 0 Å². The van der Waals surface area contributed by atoms with Gasteiger partial charge in [-0.2, -0.15) is 0 Å². The molecular weight excluding hydrogens is 242 g/mol. The predicted molar refractivity (Wildman–Crippen MR) is 90.3 cm³/mol. The molecule has 0 saturated heterocycles. The highest BCUT2D eigenvalue weighted by atomic mass is 14.9. The molecule has 0 aliphatic heterocycles. The fourth-order valence-electron chi connectivity index (χ4n) is 3.10. The molecule has 110 valence electrons. The number of nitrogens with one attached hydrogen (secondary N) is 1. The van der Waals surface area contributed by atoms with E-state index in [0.717, 1.165) is 12.5 Å². The second kappa shape index (κ2) is 7.52. The van der Waals surface area contributed by atoms with Gasteiger partial charge in [0, 0.05) is 12.2 Å². The molecule has 1 nitrogen and oxygen atoms in total. The van der Waals surface area contributed by atoms with Crippen molar-refractivity contribution in [2.75, 3.05) is 11.9 Å². The van der Waals surface area contributed by atoms with Gasteiger partial charge in [0.15, 0.2) is 0 Å². The predicted octanol–water partition coefficient (Wildman–Crippen LogP) is 5.84. The van der Waals surface area contributed by atoms with Gasteiger partial charge in [-0.1, -0.05) is 51.8 Å². The summed E-state index contributed by atoms with van der Waals surface area (Å²) in [7, 11) is 0. The topological polar surface area (TPSA) is 12.0 Å². The van der Waals surface area contributed by atoms with Gasteiger partial charge < -0.3 is 5.32 Å². The minimum absolute atomic E-state index is 0.626. The number of hydrogen-bond donors (Lipinski definition) is 1. The summed E-state index contributed by atoms with van der Waals surface area (Å²) >= 11 is 0. The third-order valence-electron chi connectivity index (χ3n) is 4.78. The molecule has 0 amide bonds. The van der Waals surface area contributed by atoms with Crippen LogP contribution >= 0.6 is 0 Å². The average molecular weight is 271 g/mol. The van der Waals surface area contributed by atoms with Crippen LogP contribution in [0, 0.1) is 5.92 Å². The van der Waals surface area contributed by atoms with Gasteiger partial charge in [-0.3, -0.25) is 0 Å². The van der Waals surface area contributed by atoms with E-state index in [1.807, 2.05) is 6.08 Å². The number of anilines is 1. The molecular formula is C19H29N. The first kappa shape index (κ1) is 15.2. The zero-order chi connectivity index (χ0) is 14.4. The Morgan fingerprint density at radius 1 is 1.30 bits per heavy atom. The van der Waals surface area contributed by atoms with Crippen LogP contribution in [-0.4, -0.2) is 6.54 Å². The van der Waals surface area contributed by atoms with Crippen LogP contribution < -0.4 is 5.32 Å². The average Bonchev–Trinajstić information content (AvgIpc) is 2.53. The van der Waals surface area contributed by atoms with Crippen molar-refractivity contribution in [1.82, 2.24) is 0 Å². The fraction of sp³-hybridized carbons (Fsp3) is 0.579. The van der Waals surface area contributed by atoms with Crippen molar-refractivity contribution < 1.29 is 0 Å². The maximum atomic E-state index is 3.97. The maximum Gasteiger partial charge on any atom is 0.0413 e. The second-order valence-electron chi connectivity index (χ2n) is 6.25. The van der Waals surface area contributed by atoms with Crippen molar-refractivity contribution in [1.29, 1.82) is 0 Å². The zero-order valence-corrected chi connectivity index (χ0v) is 13.1. The molecule has 0 aromatic heterocycles. The van der Waals surface area contributed by atoms with Gasteiger partial charge in [0.25, 0.3) is 0 Å². The smallest absolute Gasteiger partial charge is 0.0413 e. The molecule has 1 aromatic rings. The third-order valence-corrected chi connectivity index (χ3v) is 4.78. The quantitative estimate of drug-likeness (QED) is 0.685. The van der Waals surface area contributed by atoms with Crippen LogP contribution in [0.25, 0.3) is 6.08 Å². The molecule has 2 rings (SSSR count). The molecule has 0 bridgehead atoms. The molecule has 1 atom stereocenters. The van der Waals surface area contributed by atoms with E-state index in [1.165, 1.54) is 55.3 Å². The lowest BCUT2D eigenvalue weighted by atomic mass is 9.89. The molecule has 1 heteroatoms. The van der Waals surface area contributed by atoms with E-state index in [9.17, 15) is 0 Å². The van der Waals surface area contributed by atoms with Crippen molar-refractivity contribution in [2.45, 2.75) is 58.3 Å². The lowest BCUT2D eigenvalue weighted by Gasteiger charge is -2.23. The summed E-state index contributed by atoms with van der Waals surface area (Å²) in [5, 5.41) is 3.65. The van der Waals surface area contributed by atoms with E-state index < -0.39 is 0 Å². The maximum absolute atomic E-state index is 3.97. The second-order valence-corrected chi connectivity index (χ2v) is 6.25. The van der Waals surface area contributed by atoms with Crippen LogP contribution in [0.15, 0.2) is 24.8 Å². The number of hydrogen-bond acceptors (Lipinski definition) is 1. The number of rotatable bonds is 6. The summed E-state index contributed by atoms with van der Waals surface area (Å²) in [6.07, 6.45) is 10.2. The van der Waals surface area contributed by atoms with Crippen molar-refractivity contribution in [2.24, 2.45) is 5.92 Å². The third kappa shape index (κ3) is 3.88. The van der Waals surface area contributed by atoms with Crippen LogP contribution in [0.5, 0.6) is 0 Å². The first-order valence-corrected chi connectivity index (χ1v) is 8.24. The van der Waals surface area contributed by atoms with E-state index in [1.54, 1.807) is 0 Å². The lowest BCUT2D eigenvalue weighted by molar-refractivity contribution is 0.373. The van der Waals surface area contributed by atoms with Crippen LogP contribution in [0.2, 0.25) is 0 Å². The van der Waals surface area contributed by atoms with Crippen LogP contribution in [0.1, 0.15) is 69.4 Å². The Morgan fingerprint density at radius 2 is 2.05 bits per heavy atom. The van der Waals surface area contributed by atoms with Crippen LogP contribution in [0.3, 0.4) is 0 Å². The van der Waals surface area contributed by atoms with Crippen molar-refractivity contribution >= 4 is 11.8 Å². The van der Waals surface area contributed by atoms with E-state index in [4.69, 9.17) is 0 Å². The summed E-state index contributed by atoms with van der Waals surface area (Å²) in [5.41, 5.74) is 3.92. The van der Waals surface area contributed by atoms with Crippen LogP contribution in [0.4, 0.5) is 5.69 Å². The van der Waals surface area contributed by atoms with Gasteiger partial charge in [-0.25, -0.2) is 0 Å². The molecule has 1 N–H and O–H groups in total. The highest BCUT2D eigenvalue weighted by Gasteiger charge is 2.13. The summed E-state index contributed by atoms with van der Waals surface area (Å²) in [4.78, 5) is 0. The van der Waals surface area contributed by atoms with Crippen LogP contribution in [-0.2, 0) is 0 Å². The fourth-order valence-corrected chi connectivity index (χ4v) is 3.10. The van der Waals surface area contributed by atoms with E-state index in [0.29, 0.717) is 5.92 Å². The normalized spacial score (nSPS) is 17.7. The Morgan fingerprint density at radius 3 is 2.70 bits per heavy atom. The van der Waals surface area contributed by atoms with Crippen molar-refractivity contribution in [3.05, 3.63) is 35.9 Å². The molecule has 1 aliphatic rings. The lowest BCUT2D eigenvalue weighted by Crippen LogP contribution is -2.17. The molecule has 1 aliphatic carbocycles. The van der Waals surface area contributed by atoms with Gasteiger partial charge in [-0.15, -0.1) is 0 Å². The number of benzene rings is 1. The molecule has 1 saturated carbocycles. The molecule has 20 heavy (non-hydrogen) atoms. The zero-order valence-electron chi connectivity index (χ0n) is 13.1. The Labute approximate surface area is 124 Å². The Balaban J connectivity index is 2.01. The Hall–Kier alpha value is -1.24. The first-order valence-electron chi connectivity index (χ1n) is 8.24. The SMILES string of the molecule is C=Cc1cc(C(C)CC)ccc1NCC1CCCCC1. The molecule has 1 fully saturated rings. The molecule has 0 radical (unpaired) electrons. The first-order chi connectivity index (χ1) is 9.74. The monoisotopic (exact) mass is 271 g/mol. The van der Waals surface area contributed by atoms with E-state index in [2.05, 4.69) is 43.9 Å². The summed E-state index contributed by atoms with van der Waals surface area (Å²) in [6.45, 7) is 9.62. The van der Waals surface area contributed by atoms with Gasteiger partial charge in [-0.05, 0) is 54.4 Å². The minimum atomic E-state index is 0.626. The highest BCUT2D eigenvalue weighted by molar-refractivity contribution is 5.66. The Bertz CT molecular complexity index is 429. The van der Waals surface area contributed by atoms with Gasteiger partial charge >= 0.3 is 0 Å². The molecule has 1 aromatic carbocycles.